The number of hydrogen-bond donors (Lipinski definition) is 0. The SMILES string of the molecule is COC(C)(C)C(=O)N1CC(C)C(C)C1. The van der Waals surface area contributed by atoms with Gasteiger partial charge in [0.15, 0.2) is 0 Å². The minimum absolute atomic E-state index is 0.108. The number of carbonyl (C=O) groups is 1. The van der Waals surface area contributed by atoms with E-state index in [1.165, 1.54) is 0 Å². The lowest BCUT2D eigenvalue weighted by Crippen LogP contribution is -2.45. The van der Waals surface area contributed by atoms with E-state index in [4.69, 9.17) is 4.74 Å². The van der Waals surface area contributed by atoms with Crippen molar-refractivity contribution >= 4 is 5.91 Å². The Balaban J connectivity index is 2.64. The van der Waals surface area contributed by atoms with Crippen LogP contribution in [-0.2, 0) is 9.53 Å². The van der Waals surface area contributed by atoms with Gasteiger partial charge in [0.2, 0.25) is 0 Å². The molecule has 3 heteroatoms. The fourth-order valence-corrected chi connectivity index (χ4v) is 1.76. The summed E-state index contributed by atoms with van der Waals surface area (Å²) in [6.45, 7) is 9.76. The van der Waals surface area contributed by atoms with Crippen LogP contribution in [0.3, 0.4) is 0 Å². The molecule has 1 rings (SSSR count). The molecule has 82 valence electrons. The highest BCUT2D eigenvalue weighted by atomic mass is 16.5. The summed E-state index contributed by atoms with van der Waals surface area (Å²) >= 11 is 0. The predicted molar refractivity (Wildman–Crippen MR) is 56.0 cm³/mol. The summed E-state index contributed by atoms with van der Waals surface area (Å²) in [5, 5.41) is 0. The number of methoxy groups -OCH3 is 1. The van der Waals surface area contributed by atoms with Crippen molar-refractivity contribution < 1.29 is 9.53 Å². The highest BCUT2D eigenvalue weighted by molar-refractivity contribution is 5.84. The second-order valence-corrected chi connectivity index (χ2v) is 4.88. The quantitative estimate of drug-likeness (QED) is 0.675. The number of amides is 1. The standard InChI is InChI=1S/C11H21NO2/c1-8-6-12(7-9(8)2)10(13)11(3,4)14-5/h8-9H,6-7H2,1-5H3. The molecule has 1 heterocycles. The third kappa shape index (κ3) is 2.08. The molecule has 2 atom stereocenters. The molecule has 1 aliphatic rings. The van der Waals surface area contributed by atoms with Crippen molar-refractivity contribution in [3.8, 4) is 0 Å². The van der Waals surface area contributed by atoms with E-state index in [9.17, 15) is 4.79 Å². The summed E-state index contributed by atoms with van der Waals surface area (Å²) in [6, 6.07) is 0. The maximum Gasteiger partial charge on any atom is 0.254 e. The van der Waals surface area contributed by atoms with E-state index in [0.29, 0.717) is 11.8 Å². The summed E-state index contributed by atoms with van der Waals surface area (Å²) in [6.07, 6.45) is 0. The second kappa shape index (κ2) is 3.89. The van der Waals surface area contributed by atoms with E-state index in [1.54, 1.807) is 7.11 Å². The van der Waals surface area contributed by atoms with Crippen LogP contribution in [0.15, 0.2) is 0 Å². The average Bonchev–Trinajstić information content (AvgIpc) is 2.45. The van der Waals surface area contributed by atoms with Gasteiger partial charge in [0.05, 0.1) is 0 Å². The van der Waals surface area contributed by atoms with Gasteiger partial charge in [0.25, 0.3) is 5.91 Å². The molecule has 1 saturated heterocycles. The van der Waals surface area contributed by atoms with Gasteiger partial charge in [-0.15, -0.1) is 0 Å². The van der Waals surface area contributed by atoms with Gasteiger partial charge >= 0.3 is 0 Å². The Morgan fingerprint density at radius 1 is 1.29 bits per heavy atom. The van der Waals surface area contributed by atoms with E-state index in [0.717, 1.165) is 13.1 Å². The Morgan fingerprint density at radius 3 is 2.07 bits per heavy atom. The summed E-state index contributed by atoms with van der Waals surface area (Å²) in [4.78, 5) is 13.9. The number of carbonyl (C=O) groups excluding carboxylic acids is 1. The predicted octanol–water partition coefficient (Wildman–Crippen LogP) is 1.53. The number of ether oxygens (including phenoxy) is 1. The molecule has 1 amide bonds. The number of rotatable bonds is 2. The van der Waals surface area contributed by atoms with E-state index in [-0.39, 0.29) is 5.91 Å². The Morgan fingerprint density at radius 2 is 1.71 bits per heavy atom. The Hall–Kier alpha value is -0.570. The largest absolute Gasteiger partial charge is 0.369 e. The van der Waals surface area contributed by atoms with Gasteiger partial charge in [-0.1, -0.05) is 13.8 Å². The molecule has 0 aromatic rings. The van der Waals surface area contributed by atoms with E-state index in [2.05, 4.69) is 13.8 Å². The van der Waals surface area contributed by atoms with Crippen molar-refractivity contribution in [3.05, 3.63) is 0 Å². The first-order chi connectivity index (χ1) is 6.38. The Bertz CT molecular complexity index is 215. The topological polar surface area (TPSA) is 29.5 Å². The summed E-state index contributed by atoms with van der Waals surface area (Å²) in [5.74, 6) is 1.31. The molecule has 0 aromatic heterocycles. The molecule has 0 saturated carbocycles. The van der Waals surface area contributed by atoms with Crippen molar-refractivity contribution in [2.24, 2.45) is 11.8 Å². The van der Waals surface area contributed by atoms with Gasteiger partial charge in [-0.25, -0.2) is 0 Å². The molecule has 3 nitrogen and oxygen atoms in total. The normalized spacial score (nSPS) is 28.2. The zero-order chi connectivity index (χ0) is 10.9. The van der Waals surface area contributed by atoms with Crippen molar-refractivity contribution in [2.75, 3.05) is 20.2 Å². The third-order valence-electron chi connectivity index (χ3n) is 3.30. The third-order valence-corrected chi connectivity index (χ3v) is 3.30. The van der Waals surface area contributed by atoms with Crippen LogP contribution in [0.4, 0.5) is 0 Å². The van der Waals surface area contributed by atoms with Crippen molar-refractivity contribution in [2.45, 2.75) is 33.3 Å². The Kier molecular flexibility index (Phi) is 3.20. The van der Waals surface area contributed by atoms with Crippen molar-refractivity contribution in [1.29, 1.82) is 0 Å². The molecule has 0 spiro atoms. The molecule has 0 N–H and O–H groups in total. The molecule has 1 fully saturated rings. The smallest absolute Gasteiger partial charge is 0.254 e. The van der Waals surface area contributed by atoms with Crippen LogP contribution in [0.1, 0.15) is 27.7 Å². The van der Waals surface area contributed by atoms with Gasteiger partial charge in [-0.05, 0) is 25.7 Å². The van der Waals surface area contributed by atoms with E-state index in [1.807, 2.05) is 18.7 Å². The monoisotopic (exact) mass is 199 g/mol. The lowest BCUT2D eigenvalue weighted by molar-refractivity contribution is -0.150. The molecule has 0 aromatic carbocycles. The zero-order valence-corrected chi connectivity index (χ0v) is 9.83. The maximum atomic E-state index is 12.0. The summed E-state index contributed by atoms with van der Waals surface area (Å²) < 4.78 is 5.19. The summed E-state index contributed by atoms with van der Waals surface area (Å²) in [7, 11) is 1.58. The minimum atomic E-state index is -0.677. The first-order valence-corrected chi connectivity index (χ1v) is 5.23. The lowest BCUT2D eigenvalue weighted by atomic mass is 10.0. The first kappa shape index (κ1) is 11.5. The van der Waals surface area contributed by atoms with Crippen LogP contribution < -0.4 is 0 Å². The maximum absolute atomic E-state index is 12.0. The van der Waals surface area contributed by atoms with E-state index < -0.39 is 5.60 Å². The van der Waals surface area contributed by atoms with Gasteiger partial charge in [-0.2, -0.15) is 0 Å². The van der Waals surface area contributed by atoms with Crippen LogP contribution in [0.25, 0.3) is 0 Å². The summed E-state index contributed by atoms with van der Waals surface area (Å²) in [5.41, 5.74) is -0.677. The van der Waals surface area contributed by atoms with Gasteiger partial charge in [-0.3, -0.25) is 4.79 Å². The van der Waals surface area contributed by atoms with Crippen LogP contribution >= 0.6 is 0 Å². The molecular formula is C11H21NO2. The molecule has 0 aliphatic carbocycles. The lowest BCUT2D eigenvalue weighted by Gasteiger charge is -2.27. The van der Waals surface area contributed by atoms with Gasteiger partial charge in [0.1, 0.15) is 5.60 Å². The molecular weight excluding hydrogens is 178 g/mol. The first-order valence-electron chi connectivity index (χ1n) is 5.23. The molecule has 14 heavy (non-hydrogen) atoms. The van der Waals surface area contributed by atoms with Gasteiger partial charge in [0, 0.05) is 20.2 Å². The highest BCUT2D eigenvalue weighted by Gasteiger charge is 2.37. The number of likely N-dealkylation sites (tertiary alicyclic amines) is 1. The van der Waals surface area contributed by atoms with Crippen molar-refractivity contribution in [3.63, 3.8) is 0 Å². The molecule has 0 radical (unpaired) electrons. The van der Waals surface area contributed by atoms with Crippen LogP contribution in [-0.4, -0.2) is 36.6 Å². The molecule has 1 aliphatic heterocycles. The Labute approximate surface area is 86.4 Å². The van der Waals surface area contributed by atoms with Crippen molar-refractivity contribution in [1.82, 2.24) is 4.90 Å². The number of nitrogens with zero attached hydrogens (tertiary/aromatic N) is 1. The average molecular weight is 199 g/mol. The fourth-order valence-electron chi connectivity index (χ4n) is 1.76. The zero-order valence-electron chi connectivity index (χ0n) is 9.83. The molecule has 0 bridgehead atoms. The van der Waals surface area contributed by atoms with Crippen LogP contribution in [0.5, 0.6) is 0 Å². The second-order valence-electron chi connectivity index (χ2n) is 4.88. The number of hydrogen-bond acceptors (Lipinski definition) is 2. The highest BCUT2D eigenvalue weighted by Crippen LogP contribution is 2.25. The van der Waals surface area contributed by atoms with Crippen LogP contribution in [0.2, 0.25) is 0 Å². The molecule has 2 unspecified atom stereocenters. The van der Waals surface area contributed by atoms with E-state index >= 15 is 0 Å². The van der Waals surface area contributed by atoms with Crippen LogP contribution in [0, 0.1) is 11.8 Å². The fraction of sp³-hybridized carbons (Fsp3) is 0.909. The van der Waals surface area contributed by atoms with Gasteiger partial charge < -0.3 is 9.64 Å². The minimum Gasteiger partial charge on any atom is -0.369 e.